The van der Waals surface area contributed by atoms with E-state index >= 15 is 0 Å². The molecule has 1 aliphatic heterocycles. The number of anilines is 1. The third-order valence-electron chi connectivity index (χ3n) is 3.81. The highest BCUT2D eigenvalue weighted by atomic mass is 19.1. The van der Waals surface area contributed by atoms with Gasteiger partial charge in [0.05, 0.1) is 18.7 Å². The molecular formula is C16H17FN3O2+. The predicted octanol–water partition coefficient (Wildman–Crippen LogP) is 1.31. The molecule has 114 valence electrons. The van der Waals surface area contributed by atoms with Crippen molar-refractivity contribution in [3.8, 4) is 0 Å². The maximum Gasteiger partial charge on any atom is 0.316 e. The van der Waals surface area contributed by atoms with Crippen molar-refractivity contribution >= 4 is 11.7 Å². The molecule has 5 nitrogen and oxygen atoms in total. The van der Waals surface area contributed by atoms with Gasteiger partial charge in [0.15, 0.2) is 0 Å². The van der Waals surface area contributed by atoms with Gasteiger partial charge in [-0.3, -0.25) is 9.69 Å². The topological polar surface area (TPSA) is 47.7 Å². The molecule has 2 heterocycles. The van der Waals surface area contributed by atoms with Gasteiger partial charge in [0.25, 0.3) is 5.91 Å². The van der Waals surface area contributed by atoms with Crippen LogP contribution in [0.2, 0.25) is 0 Å². The third kappa shape index (κ3) is 2.72. The minimum Gasteiger partial charge on any atom is -0.350 e. The Bertz CT molecular complexity index is 685. The number of halogens is 1. The van der Waals surface area contributed by atoms with Crippen molar-refractivity contribution in [2.24, 2.45) is 0 Å². The SMILES string of the molecule is O=C(c1ccccc1F)N1CCN(c2cccc[n+]2O)CC1. The molecule has 0 bridgehead atoms. The number of amides is 1. The molecule has 0 saturated carbocycles. The zero-order valence-electron chi connectivity index (χ0n) is 12.0. The second kappa shape index (κ2) is 6.01. The Morgan fingerprint density at radius 1 is 1.05 bits per heavy atom. The fourth-order valence-electron chi connectivity index (χ4n) is 2.62. The van der Waals surface area contributed by atoms with Crippen LogP contribution in [0.5, 0.6) is 0 Å². The van der Waals surface area contributed by atoms with Gasteiger partial charge in [-0.05, 0) is 18.2 Å². The number of nitrogens with zero attached hydrogens (tertiary/aromatic N) is 3. The summed E-state index contributed by atoms with van der Waals surface area (Å²) < 4.78 is 14.8. The molecule has 6 heteroatoms. The summed E-state index contributed by atoms with van der Waals surface area (Å²) in [4.78, 5) is 16.0. The Labute approximate surface area is 127 Å². The number of hydrogen-bond acceptors (Lipinski definition) is 3. The lowest BCUT2D eigenvalue weighted by molar-refractivity contribution is -0.894. The predicted molar refractivity (Wildman–Crippen MR) is 78.3 cm³/mol. The van der Waals surface area contributed by atoms with Gasteiger partial charge >= 0.3 is 5.82 Å². The Morgan fingerprint density at radius 2 is 1.73 bits per heavy atom. The van der Waals surface area contributed by atoms with E-state index in [1.165, 1.54) is 12.1 Å². The molecule has 1 aliphatic rings. The zero-order chi connectivity index (χ0) is 15.5. The fourth-order valence-corrected chi connectivity index (χ4v) is 2.62. The lowest BCUT2D eigenvalue weighted by Gasteiger charge is -2.31. The first-order valence-corrected chi connectivity index (χ1v) is 7.15. The first-order valence-electron chi connectivity index (χ1n) is 7.15. The van der Waals surface area contributed by atoms with E-state index < -0.39 is 5.82 Å². The van der Waals surface area contributed by atoms with Crippen LogP contribution in [-0.4, -0.2) is 42.2 Å². The molecule has 0 radical (unpaired) electrons. The number of rotatable bonds is 2. The van der Waals surface area contributed by atoms with Crippen molar-refractivity contribution in [2.45, 2.75) is 0 Å². The summed E-state index contributed by atoms with van der Waals surface area (Å²) in [5.41, 5.74) is 0.105. The minimum absolute atomic E-state index is 0.105. The maximum absolute atomic E-state index is 13.7. The van der Waals surface area contributed by atoms with Crippen LogP contribution in [-0.2, 0) is 0 Å². The van der Waals surface area contributed by atoms with E-state index in [0.29, 0.717) is 32.0 Å². The van der Waals surface area contributed by atoms with Gasteiger partial charge < -0.3 is 10.1 Å². The highest BCUT2D eigenvalue weighted by molar-refractivity contribution is 5.94. The van der Waals surface area contributed by atoms with Crippen LogP contribution >= 0.6 is 0 Å². The van der Waals surface area contributed by atoms with Crippen molar-refractivity contribution in [1.82, 2.24) is 4.90 Å². The molecule has 1 aromatic heterocycles. The number of pyridine rings is 1. The lowest BCUT2D eigenvalue weighted by Crippen LogP contribution is -2.52. The van der Waals surface area contributed by atoms with Crippen molar-refractivity contribution in [3.05, 3.63) is 60.0 Å². The number of hydrogen-bond donors (Lipinski definition) is 1. The number of benzene rings is 1. The Balaban J connectivity index is 1.68. The van der Waals surface area contributed by atoms with Gasteiger partial charge in [-0.1, -0.05) is 22.9 Å². The molecule has 1 aromatic carbocycles. The summed E-state index contributed by atoms with van der Waals surface area (Å²) in [5, 5.41) is 9.80. The minimum atomic E-state index is -0.494. The molecule has 2 aromatic rings. The van der Waals surface area contributed by atoms with Crippen molar-refractivity contribution in [1.29, 1.82) is 0 Å². The molecule has 1 N–H and O–H groups in total. The summed E-state index contributed by atoms with van der Waals surface area (Å²) in [7, 11) is 0. The highest BCUT2D eigenvalue weighted by Crippen LogP contribution is 2.15. The molecule has 3 rings (SSSR count). The molecule has 0 unspecified atom stereocenters. The monoisotopic (exact) mass is 302 g/mol. The highest BCUT2D eigenvalue weighted by Gasteiger charge is 2.29. The van der Waals surface area contributed by atoms with Crippen LogP contribution in [0, 0.1) is 5.82 Å². The number of carbonyl (C=O) groups is 1. The molecule has 0 spiro atoms. The van der Waals surface area contributed by atoms with Gasteiger partial charge in [-0.25, -0.2) is 4.39 Å². The average Bonchev–Trinajstić information content (AvgIpc) is 2.55. The van der Waals surface area contributed by atoms with Crippen LogP contribution in [0.25, 0.3) is 0 Å². The van der Waals surface area contributed by atoms with Gasteiger partial charge in [-0.15, -0.1) is 0 Å². The summed E-state index contributed by atoms with van der Waals surface area (Å²) in [5.74, 6) is -0.102. The number of aromatic nitrogens is 1. The average molecular weight is 302 g/mol. The summed E-state index contributed by atoms with van der Waals surface area (Å²) in [6.07, 6.45) is 1.56. The van der Waals surface area contributed by atoms with Gasteiger partial charge in [0.1, 0.15) is 25.1 Å². The lowest BCUT2D eigenvalue weighted by atomic mass is 10.1. The van der Waals surface area contributed by atoms with Crippen LogP contribution < -0.4 is 9.63 Å². The summed E-state index contributed by atoms with van der Waals surface area (Å²) in [6, 6.07) is 11.4. The molecule has 22 heavy (non-hydrogen) atoms. The van der Waals surface area contributed by atoms with E-state index in [-0.39, 0.29) is 11.5 Å². The van der Waals surface area contributed by atoms with Gasteiger partial charge in [0, 0.05) is 6.07 Å². The third-order valence-corrected chi connectivity index (χ3v) is 3.81. The summed E-state index contributed by atoms with van der Waals surface area (Å²) >= 11 is 0. The van der Waals surface area contributed by atoms with E-state index in [4.69, 9.17) is 0 Å². The van der Waals surface area contributed by atoms with Gasteiger partial charge in [-0.2, -0.15) is 0 Å². The molecule has 1 fully saturated rings. The molecule has 1 amide bonds. The molecule has 0 aliphatic carbocycles. The summed E-state index contributed by atoms with van der Waals surface area (Å²) in [6.45, 7) is 2.15. The quantitative estimate of drug-likeness (QED) is 0.672. The first kappa shape index (κ1) is 14.3. The van der Waals surface area contributed by atoms with E-state index in [2.05, 4.69) is 0 Å². The number of piperazine rings is 1. The van der Waals surface area contributed by atoms with Gasteiger partial charge in [0.2, 0.25) is 0 Å². The molecule has 0 atom stereocenters. The fraction of sp³-hybridized carbons (Fsp3) is 0.250. The van der Waals surface area contributed by atoms with Crippen LogP contribution in [0.15, 0.2) is 48.7 Å². The molecular weight excluding hydrogens is 285 g/mol. The second-order valence-electron chi connectivity index (χ2n) is 5.16. The first-order chi connectivity index (χ1) is 10.7. The van der Waals surface area contributed by atoms with E-state index in [9.17, 15) is 14.4 Å². The van der Waals surface area contributed by atoms with Crippen LogP contribution in [0.1, 0.15) is 10.4 Å². The number of carbonyl (C=O) groups excluding carboxylic acids is 1. The van der Waals surface area contributed by atoms with E-state index in [1.807, 2.05) is 17.0 Å². The van der Waals surface area contributed by atoms with E-state index in [0.717, 1.165) is 4.73 Å². The smallest absolute Gasteiger partial charge is 0.316 e. The van der Waals surface area contributed by atoms with Crippen LogP contribution in [0.4, 0.5) is 10.2 Å². The van der Waals surface area contributed by atoms with E-state index in [1.54, 1.807) is 29.3 Å². The van der Waals surface area contributed by atoms with Crippen molar-refractivity contribution in [3.63, 3.8) is 0 Å². The van der Waals surface area contributed by atoms with Crippen LogP contribution in [0.3, 0.4) is 0 Å². The normalized spacial score (nSPS) is 15.0. The Kier molecular flexibility index (Phi) is 3.91. The Morgan fingerprint density at radius 3 is 2.41 bits per heavy atom. The standard InChI is InChI=1S/C16H17FN3O2/c17-14-6-2-1-5-13(14)16(21)19-11-9-18(10-12-19)15-7-3-4-8-20(15)22/h1-8,22H,9-12H2/q+1. The Hall–Kier alpha value is -2.63. The molecule has 1 saturated heterocycles. The largest absolute Gasteiger partial charge is 0.350 e. The zero-order valence-corrected chi connectivity index (χ0v) is 12.0. The second-order valence-corrected chi connectivity index (χ2v) is 5.16. The van der Waals surface area contributed by atoms with Crippen molar-refractivity contribution < 1.29 is 19.1 Å². The van der Waals surface area contributed by atoms with Crippen molar-refractivity contribution in [2.75, 3.05) is 31.1 Å². The maximum atomic E-state index is 13.7.